The molecule has 2 rings (SSSR count). The lowest BCUT2D eigenvalue weighted by Gasteiger charge is -1.97. The van der Waals surface area contributed by atoms with Crippen molar-refractivity contribution in [2.75, 3.05) is 0 Å². The highest BCUT2D eigenvalue weighted by Crippen LogP contribution is 1.96. The van der Waals surface area contributed by atoms with Gasteiger partial charge in [-0.2, -0.15) is 5.10 Å². The minimum Gasteiger partial charge on any atom is -0.265 e. The number of pyridine rings is 1. The fraction of sp³-hybridized carbons (Fsp3) is 0. The molecule has 4 nitrogen and oxygen atoms in total. The van der Waals surface area contributed by atoms with Crippen LogP contribution >= 0.6 is 0 Å². The predicted octanol–water partition coefficient (Wildman–Crippen LogP) is 0.967. The molecule has 2 aromatic rings. The molecule has 0 unspecified atom stereocenters. The highest BCUT2D eigenvalue weighted by molar-refractivity contribution is 5.93. The summed E-state index contributed by atoms with van der Waals surface area (Å²) in [6.45, 7) is 0. The van der Waals surface area contributed by atoms with Crippen LogP contribution in [0.5, 0.6) is 0 Å². The molecular formula is C9H7N3O. The van der Waals surface area contributed by atoms with E-state index in [2.05, 4.69) is 10.1 Å². The van der Waals surface area contributed by atoms with Crippen molar-refractivity contribution in [1.82, 2.24) is 14.8 Å². The van der Waals surface area contributed by atoms with Crippen LogP contribution in [0.15, 0.2) is 42.9 Å². The maximum atomic E-state index is 11.5. The molecule has 0 aromatic carbocycles. The first-order valence-corrected chi connectivity index (χ1v) is 3.83. The molecule has 0 fully saturated rings. The molecule has 0 saturated heterocycles. The average molecular weight is 173 g/mol. The second-order valence-electron chi connectivity index (χ2n) is 2.47. The monoisotopic (exact) mass is 173 g/mol. The number of carbonyl (C=O) groups excluding carboxylic acids is 1. The Labute approximate surface area is 74.8 Å². The fourth-order valence-electron chi connectivity index (χ4n) is 0.996. The van der Waals surface area contributed by atoms with Crippen LogP contribution in [0.4, 0.5) is 0 Å². The highest BCUT2D eigenvalue weighted by Gasteiger charge is 2.07. The molecule has 0 aliphatic heterocycles. The van der Waals surface area contributed by atoms with E-state index in [4.69, 9.17) is 0 Å². The molecule has 2 heterocycles. The van der Waals surface area contributed by atoms with Crippen LogP contribution in [0, 0.1) is 0 Å². The van der Waals surface area contributed by atoms with Crippen molar-refractivity contribution >= 4 is 5.91 Å². The Hall–Kier alpha value is -1.97. The van der Waals surface area contributed by atoms with Gasteiger partial charge in [0.05, 0.1) is 0 Å². The van der Waals surface area contributed by atoms with E-state index in [0.717, 1.165) is 0 Å². The summed E-state index contributed by atoms with van der Waals surface area (Å²) in [4.78, 5) is 15.5. The van der Waals surface area contributed by atoms with Crippen LogP contribution in [0.1, 0.15) is 10.5 Å². The molecule has 0 N–H and O–H groups in total. The Kier molecular flexibility index (Phi) is 1.88. The Morgan fingerprint density at radius 2 is 2.15 bits per heavy atom. The van der Waals surface area contributed by atoms with Crippen LogP contribution < -0.4 is 0 Å². The van der Waals surface area contributed by atoms with Gasteiger partial charge in [0, 0.05) is 18.6 Å². The first-order valence-electron chi connectivity index (χ1n) is 3.83. The van der Waals surface area contributed by atoms with Crippen LogP contribution in [-0.2, 0) is 0 Å². The molecule has 13 heavy (non-hydrogen) atoms. The molecular weight excluding hydrogens is 166 g/mol. The summed E-state index contributed by atoms with van der Waals surface area (Å²) in [5.41, 5.74) is 0.395. The quantitative estimate of drug-likeness (QED) is 0.645. The van der Waals surface area contributed by atoms with Crippen molar-refractivity contribution in [3.8, 4) is 0 Å². The number of aromatic nitrogens is 3. The molecule has 0 aliphatic carbocycles. The third kappa shape index (κ3) is 1.46. The zero-order valence-corrected chi connectivity index (χ0v) is 6.79. The molecule has 0 bridgehead atoms. The second-order valence-corrected chi connectivity index (χ2v) is 2.47. The summed E-state index contributed by atoms with van der Waals surface area (Å²) in [5.74, 6) is -0.217. The normalized spacial score (nSPS) is 9.85. The topological polar surface area (TPSA) is 47.8 Å². The molecule has 0 saturated carbocycles. The van der Waals surface area contributed by atoms with Gasteiger partial charge in [-0.05, 0) is 18.2 Å². The van der Waals surface area contributed by atoms with E-state index in [0.29, 0.717) is 5.69 Å². The number of hydrogen-bond acceptors (Lipinski definition) is 3. The zero-order valence-electron chi connectivity index (χ0n) is 6.79. The fourth-order valence-corrected chi connectivity index (χ4v) is 0.996. The number of rotatable bonds is 1. The third-order valence-corrected chi connectivity index (χ3v) is 1.60. The van der Waals surface area contributed by atoms with Crippen LogP contribution in [0.2, 0.25) is 0 Å². The summed E-state index contributed by atoms with van der Waals surface area (Å²) in [6, 6.07) is 6.88. The van der Waals surface area contributed by atoms with Crippen molar-refractivity contribution in [1.29, 1.82) is 0 Å². The van der Waals surface area contributed by atoms with E-state index in [-0.39, 0.29) is 5.91 Å². The molecule has 0 spiro atoms. The molecule has 0 atom stereocenters. The van der Waals surface area contributed by atoms with Gasteiger partial charge in [-0.25, -0.2) is 4.68 Å². The van der Waals surface area contributed by atoms with E-state index < -0.39 is 0 Å². The zero-order chi connectivity index (χ0) is 9.10. The molecule has 0 radical (unpaired) electrons. The first-order chi connectivity index (χ1) is 6.38. The standard InChI is InChI=1S/C9H7N3O/c13-9(12-7-3-6-11-12)8-4-1-2-5-10-8/h1-7H. The molecule has 0 aliphatic rings. The van der Waals surface area contributed by atoms with Gasteiger partial charge in [0.1, 0.15) is 5.69 Å². The van der Waals surface area contributed by atoms with Gasteiger partial charge in [-0.1, -0.05) is 6.07 Å². The van der Waals surface area contributed by atoms with Gasteiger partial charge in [0.2, 0.25) is 0 Å². The van der Waals surface area contributed by atoms with Crippen LogP contribution in [0.3, 0.4) is 0 Å². The highest BCUT2D eigenvalue weighted by atomic mass is 16.2. The van der Waals surface area contributed by atoms with Gasteiger partial charge in [0.15, 0.2) is 0 Å². The van der Waals surface area contributed by atoms with Gasteiger partial charge in [0.25, 0.3) is 5.91 Å². The Bertz CT molecular complexity index is 394. The van der Waals surface area contributed by atoms with Crippen molar-refractivity contribution in [3.63, 3.8) is 0 Å². The summed E-state index contributed by atoms with van der Waals surface area (Å²) >= 11 is 0. The number of hydrogen-bond donors (Lipinski definition) is 0. The van der Waals surface area contributed by atoms with Gasteiger partial charge in [-0.15, -0.1) is 0 Å². The van der Waals surface area contributed by atoms with Crippen LogP contribution in [0.25, 0.3) is 0 Å². The summed E-state index contributed by atoms with van der Waals surface area (Å²) in [5, 5.41) is 3.82. The lowest BCUT2D eigenvalue weighted by Crippen LogP contribution is -2.13. The van der Waals surface area contributed by atoms with E-state index in [1.807, 2.05) is 0 Å². The number of carbonyl (C=O) groups is 1. The maximum absolute atomic E-state index is 11.5. The summed E-state index contributed by atoms with van der Waals surface area (Å²) in [7, 11) is 0. The van der Waals surface area contributed by atoms with Gasteiger partial charge < -0.3 is 0 Å². The summed E-state index contributed by atoms with van der Waals surface area (Å²) < 4.78 is 1.25. The minimum atomic E-state index is -0.217. The Balaban J connectivity index is 2.34. The first kappa shape index (κ1) is 7.67. The smallest absolute Gasteiger partial charge is 0.265 e. The summed E-state index contributed by atoms with van der Waals surface area (Å²) in [6.07, 6.45) is 4.73. The molecule has 0 amide bonds. The minimum absolute atomic E-state index is 0.217. The van der Waals surface area contributed by atoms with Crippen molar-refractivity contribution in [2.45, 2.75) is 0 Å². The van der Waals surface area contributed by atoms with Crippen molar-refractivity contribution < 1.29 is 4.79 Å². The van der Waals surface area contributed by atoms with Crippen molar-refractivity contribution in [3.05, 3.63) is 48.5 Å². The number of nitrogens with zero attached hydrogens (tertiary/aromatic N) is 3. The average Bonchev–Trinajstić information content (AvgIpc) is 2.71. The third-order valence-electron chi connectivity index (χ3n) is 1.60. The molecule has 4 heteroatoms. The Morgan fingerprint density at radius 3 is 2.77 bits per heavy atom. The van der Waals surface area contributed by atoms with Gasteiger partial charge >= 0.3 is 0 Å². The molecule has 64 valence electrons. The lowest BCUT2D eigenvalue weighted by atomic mass is 10.3. The largest absolute Gasteiger partial charge is 0.296 e. The van der Waals surface area contributed by atoms with E-state index in [9.17, 15) is 4.79 Å². The predicted molar refractivity (Wildman–Crippen MR) is 46.2 cm³/mol. The van der Waals surface area contributed by atoms with Gasteiger partial charge in [-0.3, -0.25) is 9.78 Å². The lowest BCUT2D eigenvalue weighted by molar-refractivity contribution is 0.0940. The van der Waals surface area contributed by atoms with Crippen molar-refractivity contribution in [2.24, 2.45) is 0 Å². The van der Waals surface area contributed by atoms with E-state index >= 15 is 0 Å². The maximum Gasteiger partial charge on any atom is 0.296 e. The Morgan fingerprint density at radius 1 is 1.23 bits per heavy atom. The molecule has 2 aromatic heterocycles. The van der Waals surface area contributed by atoms with E-state index in [1.165, 1.54) is 4.68 Å². The van der Waals surface area contributed by atoms with E-state index in [1.54, 1.807) is 42.9 Å². The van der Waals surface area contributed by atoms with Crippen LogP contribution in [-0.4, -0.2) is 20.7 Å². The second kappa shape index (κ2) is 3.18. The SMILES string of the molecule is O=C(c1ccccn1)n1cccn1.